The predicted octanol–water partition coefficient (Wildman–Crippen LogP) is 1.71. The van der Waals surface area contributed by atoms with Crippen LogP contribution in [-0.4, -0.2) is 36.5 Å². The van der Waals surface area contributed by atoms with Crippen LogP contribution in [0.15, 0.2) is 23.5 Å². The van der Waals surface area contributed by atoms with Crippen LogP contribution in [0.1, 0.15) is 6.42 Å². The number of carbonyl (C=O) groups excluding carboxylic acids is 1. The Hall–Kier alpha value is -1.04. The van der Waals surface area contributed by atoms with Crippen molar-refractivity contribution < 1.29 is 18.3 Å². The first kappa shape index (κ1) is 12.4. The Kier molecular flexibility index (Phi) is 4.04. The van der Waals surface area contributed by atoms with Crippen molar-refractivity contribution >= 4 is 17.7 Å². The highest BCUT2D eigenvalue weighted by atomic mass is 32.2. The van der Waals surface area contributed by atoms with Gasteiger partial charge in [0.25, 0.3) is 12.3 Å². The fourth-order valence-electron chi connectivity index (χ4n) is 1.74. The third-order valence-corrected chi connectivity index (χ3v) is 3.76. The van der Waals surface area contributed by atoms with Gasteiger partial charge < -0.3 is 10.1 Å². The van der Waals surface area contributed by atoms with Crippen LogP contribution in [0, 0.1) is 0 Å². The average Bonchev–Trinajstić information content (AvgIpc) is 2.81. The number of hydrogen-bond acceptors (Lipinski definition) is 3. The minimum atomic E-state index is -2.75. The molecule has 2 aliphatic heterocycles. The molecule has 17 heavy (non-hydrogen) atoms. The van der Waals surface area contributed by atoms with Crippen LogP contribution in [0.2, 0.25) is 0 Å². The lowest BCUT2D eigenvalue weighted by Crippen LogP contribution is -2.36. The Morgan fingerprint density at radius 3 is 3.06 bits per heavy atom. The monoisotopic (exact) mass is 261 g/mol. The first-order valence-corrected chi connectivity index (χ1v) is 6.54. The van der Waals surface area contributed by atoms with E-state index in [1.807, 2.05) is 0 Å². The molecule has 0 bridgehead atoms. The highest BCUT2D eigenvalue weighted by Gasteiger charge is 2.26. The number of amides is 1. The first-order chi connectivity index (χ1) is 8.18. The van der Waals surface area contributed by atoms with Gasteiger partial charge in [-0.1, -0.05) is 0 Å². The molecular weight excluding hydrogens is 248 g/mol. The van der Waals surface area contributed by atoms with Crippen LogP contribution in [-0.2, 0) is 9.53 Å². The van der Waals surface area contributed by atoms with E-state index in [0.29, 0.717) is 0 Å². The Morgan fingerprint density at radius 2 is 2.41 bits per heavy atom. The number of hydrogen-bond donors (Lipinski definition) is 1. The van der Waals surface area contributed by atoms with Crippen molar-refractivity contribution in [3.8, 4) is 0 Å². The summed E-state index contributed by atoms with van der Waals surface area (Å²) < 4.78 is 30.1. The maximum atomic E-state index is 12.6. The second kappa shape index (κ2) is 5.53. The molecule has 1 fully saturated rings. The van der Waals surface area contributed by atoms with E-state index in [1.54, 1.807) is 17.8 Å². The number of alkyl halides is 2. The summed E-state index contributed by atoms with van der Waals surface area (Å²) in [6, 6.07) is 0.0780. The van der Waals surface area contributed by atoms with Gasteiger partial charge in [0.15, 0.2) is 5.76 Å². The molecule has 0 aliphatic carbocycles. The van der Waals surface area contributed by atoms with Gasteiger partial charge in [0, 0.05) is 11.8 Å². The molecule has 1 N–H and O–H groups in total. The van der Waals surface area contributed by atoms with E-state index in [-0.39, 0.29) is 18.2 Å². The molecule has 2 aliphatic rings. The maximum absolute atomic E-state index is 12.6. The third-order valence-electron chi connectivity index (χ3n) is 2.59. The summed E-state index contributed by atoms with van der Waals surface area (Å²) >= 11 is 1.75. The van der Waals surface area contributed by atoms with Crippen LogP contribution in [0.4, 0.5) is 8.78 Å². The summed E-state index contributed by atoms with van der Waals surface area (Å²) in [5, 5.41) is 2.75. The molecule has 1 atom stereocenters. The van der Waals surface area contributed by atoms with Crippen molar-refractivity contribution in [2.24, 2.45) is 0 Å². The van der Waals surface area contributed by atoms with Gasteiger partial charge in [-0.3, -0.25) is 4.79 Å². The normalized spacial score (nSPS) is 24.1. The highest BCUT2D eigenvalue weighted by molar-refractivity contribution is 7.99. The summed E-state index contributed by atoms with van der Waals surface area (Å²) in [6.07, 6.45) is 1.10. The van der Waals surface area contributed by atoms with Crippen molar-refractivity contribution in [1.29, 1.82) is 0 Å². The van der Waals surface area contributed by atoms with E-state index in [9.17, 15) is 13.6 Å². The molecule has 6 heteroatoms. The van der Waals surface area contributed by atoms with Crippen molar-refractivity contribution in [3.05, 3.63) is 23.5 Å². The minimum Gasteiger partial charge on any atom is -0.487 e. The van der Waals surface area contributed by atoms with Crippen LogP contribution in [0.3, 0.4) is 0 Å². The standard InChI is InChI=1S/C11H13F2NO2S/c12-10(13)9-8(2-1-4-16-9)11(15)14-7-3-5-17-6-7/h1-2,7,10H,3-6H2,(H,14,15). The summed E-state index contributed by atoms with van der Waals surface area (Å²) in [5.41, 5.74) is -0.0526. The topological polar surface area (TPSA) is 38.3 Å². The molecule has 2 heterocycles. The van der Waals surface area contributed by atoms with Crippen molar-refractivity contribution in [1.82, 2.24) is 5.32 Å². The van der Waals surface area contributed by atoms with Crippen molar-refractivity contribution in [2.75, 3.05) is 18.1 Å². The zero-order valence-electron chi connectivity index (χ0n) is 9.12. The quantitative estimate of drug-likeness (QED) is 0.840. The number of allylic oxidation sites excluding steroid dienone is 1. The summed E-state index contributed by atoms with van der Waals surface area (Å²) in [7, 11) is 0. The zero-order valence-corrected chi connectivity index (χ0v) is 9.93. The molecular formula is C11H13F2NO2S. The molecule has 0 spiro atoms. The minimum absolute atomic E-state index is 0.0526. The number of ether oxygens (including phenoxy) is 1. The Balaban J connectivity index is 2.07. The molecule has 0 aromatic carbocycles. The number of halogens is 2. The molecule has 1 amide bonds. The SMILES string of the molecule is O=C(NC1CCSC1)C1=C(C(F)F)OCC=C1. The van der Waals surface area contributed by atoms with E-state index in [0.717, 1.165) is 17.9 Å². The van der Waals surface area contributed by atoms with Crippen LogP contribution < -0.4 is 5.32 Å². The van der Waals surface area contributed by atoms with Crippen LogP contribution in [0.5, 0.6) is 0 Å². The molecule has 1 saturated heterocycles. The van der Waals surface area contributed by atoms with Gasteiger partial charge in [-0.25, -0.2) is 8.78 Å². The van der Waals surface area contributed by atoms with Crippen LogP contribution in [0.25, 0.3) is 0 Å². The number of nitrogens with one attached hydrogen (secondary N) is 1. The molecule has 0 saturated carbocycles. The average molecular weight is 261 g/mol. The molecule has 3 nitrogen and oxygen atoms in total. The van der Waals surface area contributed by atoms with Crippen molar-refractivity contribution in [2.45, 2.75) is 18.9 Å². The fraction of sp³-hybridized carbons (Fsp3) is 0.545. The first-order valence-electron chi connectivity index (χ1n) is 5.38. The second-order valence-electron chi connectivity index (χ2n) is 3.83. The maximum Gasteiger partial charge on any atom is 0.295 e. The van der Waals surface area contributed by atoms with E-state index < -0.39 is 18.1 Å². The van der Waals surface area contributed by atoms with Gasteiger partial charge in [-0.05, 0) is 24.3 Å². The lowest BCUT2D eigenvalue weighted by Gasteiger charge is -2.18. The molecule has 0 aromatic heterocycles. The largest absolute Gasteiger partial charge is 0.487 e. The fourth-order valence-corrected chi connectivity index (χ4v) is 2.90. The number of thioether (sulfide) groups is 1. The van der Waals surface area contributed by atoms with Crippen LogP contribution >= 0.6 is 11.8 Å². The molecule has 0 radical (unpaired) electrons. The zero-order chi connectivity index (χ0) is 12.3. The summed E-state index contributed by atoms with van der Waals surface area (Å²) in [5.74, 6) is 0.852. The molecule has 94 valence electrons. The summed E-state index contributed by atoms with van der Waals surface area (Å²) in [4.78, 5) is 11.8. The molecule has 0 aromatic rings. The van der Waals surface area contributed by atoms with Gasteiger partial charge >= 0.3 is 0 Å². The number of rotatable bonds is 3. The van der Waals surface area contributed by atoms with E-state index in [4.69, 9.17) is 4.74 Å². The smallest absolute Gasteiger partial charge is 0.295 e. The third kappa shape index (κ3) is 3.00. The van der Waals surface area contributed by atoms with E-state index >= 15 is 0 Å². The number of carbonyl (C=O) groups is 1. The van der Waals surface area contributed by atoms with Crippen molar-refractivity contribution in [3.63, 3.8) is 0 Å². The highest BCUT2D eigenvalue weighted by Crippen LogP contribution is 2.22. The lowest BCUT2D eigenvalue weighted by molar-refractivity contribution is -0.118. The van der Waals surface area contributed by atoms with Gasteiger partial charge in [0.1, 0.15) is 6.61 Å². The molecule has 2 rings (SSSR count). The lowest BCUT2D eigenvalue weighted by atomic mass is 10.1. The van der Waals surface area contributed by atoms with E-state index in [1.165, 1.54) is 6.08 Å². The Bertz CT molecular complexity index is 362. The Labute approximate surface area is 102 Å². The van der Waals surface area contributed by atoms with Gasteiger partial charge in [-0.15, -0.1) is 0 Å². The molecule has 1 unspecified atom stereocenters. The van der Waals surface area contributed by atoms with E-state index in [2.05, 4.69) is 5.32 Å². The Morgan fingerprint density at radius 1 is 1.59 bits per heavy atom. The van der Waals surface area contributed by atoms with Gasteiger partial charge in [0.05, 0.1) is 5.57 Å². The second-order valence-corrected chi connectivity index (χ2v) is 4.98. The van der Waals surface area contributed by atoms with Gasteiger partial charge in [0.2, 0.25) is 0 Å². The summed E-state index contributed by atoms with van der Waals surface area (Å²) in [6.45, 7) is 0.0930. The van der Waals surface area contributed by atoms with Gasteiger partial charge in [-0.2, -0.15) is 11.8 Å². The predicted molar refractivity (Wildman–Crippen MR) is 62.0 cm³/mol.